The number of fused-ring (bicyclic) bond motifs is 1. The topological polar surface area (TPSA) is 72.8 Å². The van der Waals surface area contributed by atoms with E-state index in [9.17, 15) is 14.7 Å². The summed E-state index contributed by atoms with van der Waals surface area (Å²) in [6.45, 7) is 4.17. The lowest BCUT2D eigenvalue weighted by Gasteiger charge is -2.49. The van der Waals surface area contributed by atoms with Gasteiger partial charge in [-0.1, -0.05) is 12.8 Å². The molecule has 120 valence electrons. The highest BCUT2D eigenvalue weighted by molar-refractivity contribution is 5.78. The van der Waals surface area contributed by atoms with Crippen LogP contribution in [0.3, 0.4) is 0 Å². The van der Waals surface area contributed by atoms with Gasteiger partial charge in [0.2, 0.25) is 0 Å². The molecule has 0 spiro atoms. The fourth-order valence-electron chi connectivity index (χ4n) is 3.96. The minimum Gasteiger partial charge on any atom is -0.466 e. The highest BCUT2D eigenvalue weighted by Crippen LogP contribution is 2.49. The summed E-state index contributed by atoms with van der Waals surface area (Å²) in [5.74, 6) is -1.54. The van der Waals surface area contributed by atoms with Gasteiger partial charge in [0.15, 0.2) is 0 Å². The van der Waals surface area contributed by atoms with Crippen molar-refractivity contribution in [1.82, 2.24) is 0 Å². The maximum absolute atomic E-state index is 12.2. The van der Waals surface area contributed by atoms with E-state index in [-0.39, 0.29) is 23.8 Å². The predicted molar refractivity (Wildman–Crippen MR) is 76.4 cm³/mol. The zero-order valence-corrected chi connectivity index (χ0v) is 13.0. The maximum atomic E-state index is 12.2. The molecule has 2 aliphatic rings. The molecule has 0 aliphatic heterocycles. The summed E-state index contributed by atoms with van der Waals surface area (Å²) in [5.41, 5.74) is -1.01. The summed E-state index contributed by atoms with van der Waals surface area (Å²) in [5, 5.41) is 11.0. The number of hydrogen-bond acceptors (Lipinski definition) is 5. The second kappa shape index (κ2) is 6.77. The second-order valence-electron chi connectivity index (χ2n) is 6.16. The van der Waals surface area contributed by atoms with Gasteiger partial charge < -0.3 is 14.6 Å². The van der Waals surface area contributed by atoms with Crippen LogP contribution in [0.25, 0.3) is 0 Å². The highest BCUT2D eigenvalue weighted by Gasteiger charge is 2.54. The summed E-state index contributed by atoms with van der Waals surface area (Å²) in [6.07, 6.45) is 4.40. The zero-order chi connectivity index (χ0) is 15.5. The van der Waals surface area contributed by atoms with Crippen LogP contribution in [-0.2, 0) is 19.1 Å². The Labute approximate surface area is 126 Å². The summed E-state index contributed by atoms with van der Waals surface area (Å²) >= 11 is 0. The molecule has 0 heterocycles. The predicted octanol–water partition coefficient (Wildman–Crippen LogP) is 2.06. The van der Waals surface area contributed by atoms with E-state index in [1.165, 1.54) is 0 Å². The van der Waals surface area contributed by atoms with Crippen molar-refractivity contribution in [2.24, 2.45) is 17.8 Å². The molecule has 2 saturated carbocycles. The lowest BCUT2D eigenvalue weighted by molar-refractivity contribution is -0.183. The quantitative estimate of drug-likeness (QED) is 0.804. The fraction of sp³-hybridized carbons (Fsp3) is 0.875. The minimum atomic E-state index is -1.01. The van der Waals surface area contributed by atoms with Gasteiger partial charge in [-0.3, -0.25) is 9.59 Å². The number of hydrogen-bond donors (Lipinski definition) is 1. The zero-order valence-electron chi connectivity index (χ0n) is 13.0. The second-order valence-corrected chi connectivity index (χ2v) is 6.16. The van der Waals surface area contributed by atoms with Gasteiger partial charge in [0, 0.05) is 0 Å². The number of aliphatic hydroxyl groups is 1. The van der Waals surface area contributed by atoms with E-state index in [1.54, 1.807) is 13.8 Å². The molecule has 0 aromatic rings. The molecule has 0 amide bonds. The summed E-state index contributed by atoms with van der Waals surface area (Å²) in [6, 6.07) is 0. The van der Waals surface area contributed by atoms with Gasteiger partial charge in [0.05, 0.1) is 30.7 Å². The van der Waals surface area contributed by atoms with Crippen molar-refractivity contribution in [3.05, 3.63) is 0 Å². The Hall–Kier alpha value is -1.10. The first-order valence-electron chi connectivity index (χ1n) is 8.08. The molecule has 0 aromatic carbocycles. The SMILES string of the molecule is CCOC(=O)[C@@H]1C[C@H]2CCCC[C@]2(O)[C@@H](C(=O)OCC)C1. The average molecular weight is 298 g/mol. The van der Waals surface area contributed by atoms with Crippen molar-refractivity contribution >= 4 is 11.9 Å². The number of carbonyl (C=O) groups is 2. The van der Waals surface area contributed by atoms with Crippen LogP contribution in [0.1, 0.15) is 52.4 Å². The van der Waals surface area contributed by atoms with Crippen LogP contribution in [-0.4, -0.2) is 35.9 Å². The Kier molecular flexibility index (Phi) is 5.25. The van der Waals surface area contributed by atoms with Gasteiger partial charge in [-0.05, 0) is 45.4 Å². The molecule has 0 radical (unpaired) electrons. The normalized spacial score (nSPS) is 35.7. The first kappa shape index (κ1) is 16.3. The minimum absolute atomic E-state index is 0.0104. The van der Waals surface area contributed by atoms with Crippen molar-refractivity contribution in [2.75, 3.05) is 13.2 Å². The van der Waals surface area contributed by atoms with Crippen LogP contribution < -0.4 is 0 Å². The Balaban J connectivity index is 2.20. The van der Waals surface area contributed by atoms with Crippen molar-refractivity contribution in [3.63, 3.8) is 0 Å². The highest BCUT2D eigenvalue weighted by atomic mass is 16.5. The molecule has 5 nitrogen and oxygen atoms in total. The van der Waals surface area contributed by atoms with Gasteiger partial charge in [0.1, 0.15) is 0 Å². The van der Waals surface area contributed by atoms with E-state index in [1.807, 2.05) is 0 Å². The molecular formula is C16H26O5. The average Bonchev–Trinajstić information content (AvgIpc) is 2.46. The lowest BCUT2D eigenvalue weighted by atomic mass is 9.59. The molecule has 4 atom stereocenters. The van der Waals surface area contributed by atoms with Crippen LogP contribution in [0.5, 0.6) is 0 Å². The Morgan fingerprint density at radius 1 is 1.10 bits per heavy atom. The molecule has 0 aromatic heterocycles. The van der Waals surface area contributed by atoms with E-state index in [0.29, 0.717) is 32.5 Å². The molecule has 2 rings (SSSR count). The van der Waals surface area contributed by atoms with Crippen LogP contribution in [0.15, 0.2) is 0 Å². The third-order valence-electron chi connectivity index (χ3n) is 4.97. The van der Waals surface area contributed by atoms with Crippen LogP contribution >= 0.6 is 0 Å². The molecular weight excluding hydrogens is 272 g/mol. The van der Waals surface area contributed by atoms with E-state index < -0.39 is 11.5 Å². The monoisotopic (exact) mass is 298 g/mol. The Morgan fingerprint density at radius 2 is 1.76 bits per heavy atom. The van der Waals surface area contributed by atoms with Crippen molar-refractivity contribution in [2.45, 2.75) is 58.0 Å². The third kappa shape index (κ3) is 3.23. The molecule has 1 N–H and O–H groups in total. The molecule has 0 saturated heterocycles. The van der Waals surface area contributed by atoms with Crippen molar-refractivity contribution in [1.29, 1.82) is 0 Å². The van der Waals surface area contributed by atoms with Gasteiger partial charge in [-0.25, -0.2) is 0 Å². The van der Waals surface area contributed by atoms with E-state index in [2.05, 4.69) is 0 Å². The molecule has 0 unspecified atom stereocenters. The first-order chi connectivity index (χ1) is 10.0. The van der Waals surface area contributed by atoms with Crippen LogP contribution in [0.2, 0.25) is 0 Å². The molecule has 2 aliphatic carbocycles. The van der Waals surface area contributed by atoms with Crippen molar-refractivity contribution in [3.8, 4) is 0 Å². The lowest BCUT2D eigenvalue weighted by Crippen LogP contribution is -2.55. The Morgan fingerprint density at radius 3 is 2.43 bits per heavy atom. The molecule has 5 heteroatoms. The van der Waals surface area contributed by atoms with Gasteiger partial charge in [-0.2, -0.15) is 0 Å². The molecule has 2 fully saturated rings. The summed E-state index contributed by atoms with van der Waals surface area (Å²) < 4.78 is 10.2. The molecule has 0 bridgehead atoms. The van der Waals surface area contributed by atoms with Crippen LogP contribution in [0.4, 0.5) is 0 Å². The number of esters is 2. The van der Waals surface area contributed by atoms with E-state index in [4.69, 9.17) is 9.47 Å². The van der Waals surface area contributed by atoms with Crippen LogP contribution in [0, 0.1) is 17.8 Å². The number of carbonyl (C=O) groups excluding carboxylic acids is 2. The van der Waals surface area contributed by atoms with E-state index in [0.717, 1.165) is 19.3 Å². The fourth-order valence-corrected chi connectivity index (χ4v) is 3.96. The summed E-state index contributed by atoms with van der Waals surface area (Å²) in [4.78, 5) is 24.3. The van der Waals surface area contributed by atoms with Gasteiger partial charge in [-0.15, -0.1) is 0 Å². The smallest absolute Gasteiger partial charge is 0.311 e. The number of rotatable bonds is 4. The van der Waals surface area contributed by atoms with Gasteiger partial charge >= 0.3 is 11.9 Å². The summed E-state index contributed by atoms with van der Waals surface area (Å²) in [7, 11) is 0. The number of ether oxygens (including phenoxy) is 2. The largest absolute Gasteiger partial charge is 0.466 e. The van der Waals surface area contributed by atoms with Crippen molar-refractivity contribution < 1.29 is 24.2 Å². The third-order valence-corrected chi connectivity index (χ3v) is 4.97. The standard InChI is InChI=1S/C16H26O5/c1-3-20-14(17)11-9-12-7-5-6-8-16(12,19)13(10-11)15(18)21-4-2/h11-13,19H,3-10H2,1-2H3/t11-,12-,13-,16-/m1/s1. The Bertz CT molecular complexity index is 394. The first-order valence-corrected chi connectivity index (χ1v) is 8.08. The maximum Gasteiger partial charge on any atom is 0.311 e. The molecule has 21 heavy (non-hydrogen) atoms. The van der Waals surface area contributed by atoms with Gasteiger partial charge in [0.25, 0.3) is 0 Å². The van der Waals surface area contributed by atoms with E-state index >= 15 is 0 Å².